The fourth-order valence-electron chi connectivity index (χ4n) is 4.17. The van der Waals surface area contributed by atoms with Gasteiger partial charge < -0.3 is 14.5 Å². The van der Waals surface area contributed by atoms with Gasteiger partial charge in [-0.1, -0.05) is 19.3 Å². The molecule has 120 valence electrons. The maximum atomic E-state index is 12.4. The summed E-state index contributed by atoms with van der Waals surface area (Å²) in [7, 11) is 0. The molecule has 0 bridgehead atoms. The maximum absolute atomic E-state index is 12.4. The second-order valence-electron chi connectivity index (χ2n) is 7.18. The summed E-state index contributed by atoms with van der Waals surface area (Å²) in [6.07, 6.45) is 10.3. The zero-order chi connectivity index (χ0) is 14.5. The molecule has 3 rings (SSSR count). The van der Waals surface area contributed by atoms with Gasteiger partial charge in [-0.2, -0.15) is 0 Å². The van der Waals surface area contributed by atoms with E-state index in [0.717, 1.165) is 45.8 Å². The van der Waals surface area contributed by atoms with Crippen molar-refractivity contribution in [3.63, 3.8) is 0 Å². The molecule has 1 aliphatic carbocycles. The van der Waals surface area contributed by atoms with Gasteiger partial charge in [-0.25, -0.2) is 0 Å². The third-order valence-electron chi connectivity index (χ3n) is 5.55. The van der Waals surface area contributed by atoms with Gasteiger partial charge in [0.05, 0.1) is 26.2 Å². The van der Waals surface area contributed by atoms with Gasteiger partial charge in [-0.15, -0.1) is 0 Å². The third-order valence-corrected chi connectivity index (χ3v) is 5.55. The molecule has 4 nitrogen and oxygen atoms in total. The minimum Gasteiger partial charge on any atom is -0.372 e. The van der Waals surface area contributed by atoms with E-state index in [1.54, 1.807) is 4.90 Å². The Morgan fingerprint density at radius 3 is 2.48 bits per heavy atom. The summed E-state index contributed by atoms with van der Waals surface area (Å²) in [5, 5.41) is 0. The van der Waals surface area contributed by atoms with Crippen LogP contribution in [-0.4, -0.2) is 56.2 Å². The summed E-state index contributed by atoms with van der Waals surface area (Å²) in [5.41, 5.74) is 0. The van der Waals surface area contributed by atoms with Crippen LogP contribution in [-0.2, 0) is 9.53 Å². The van der Waals surface area contributed by atoms with Gasteiger partial charge in [-0.05, 0) is 31.6 Å². The van der Waals surface area contributed by atoms with Gasteiger partial charge in [0.25, 0.3) is 0 Å². The third kappa shape index (κ3) is 4.43. The van der Waals surface area contributed by atoms with E-state index < -0.39 is 0 Å². The van der Waals surface area contributed by atoms with Crippen molar-refractivity contribution in [3.8, 4) is 0 Å². The minimum atomic E-state index is 0.415. The number of carbonyl (C=O) groups excluding carboxylic acids is 1. The molecule has 3 fully saturated rings. The standard InChI is InChI=1S/C17H30N2O2/c20-17(13-15-5-2-1-3-6-15)19-10-8-18(9-11-19)14-16-7-4-12-21-16/h15-16H,1-14H2/p+1/t16-/m0/s1. The number of rotatable bonds is 4. The van der Waals surface area contributed by atoms with Crippen molar-refractivity contribution in [2.75, 3.05) is 39.3 Å². The first-order chi connectivity index (χ1) is 10.3. The molecule has 0 radical (unpaired) electrons. The number of amides is 1. The highest BCUT2D eigenvalue weighted by Gasteiger charge is 2.28. The summed E-state index contributed by atoms with van der Waals surface area (Å²) >= 11 is 0. The van der Waals surface area contributed by atoms with Gasteiger partial charge in [-0.3, -0.25) is 4.79 Å². The highest BCUT2D eigenvalue weighted by molar-refractivity contribution is 5.76. The number of carbonyl (C=O) groups is 1. The second kappa shape index (κ2) is 7.59. The quantitative estimate of drug-likeness (QED) is 0.835. The van der Waals surface area contributed by atoms with Gasteiger partial charge in [0, 0.05) is 13.0 Å². The van der Waals surface area contributed by atoms with Crippen LogP contribution in [0.25, 0.3) is 0 Å². The molecule has 1 N–H and O–H groups in total. The lowest BCUT2D eigenvalue weighted by atomic mass is 9.86. The van der Waals surface area contributed by atoms with Gasteiger partial charge in [0.1, 0.15) is 12.6 Å². The van der Waals surface area contributed by atoms with E-state index in [1.165, 1.54) is 44.9 Å². The van der Waals surface area contributed by atoms with Crippen LogP contribution in [0.4, 0.5) is 0 Å². The average molecular weight is 295 g/mol. The molecule has 0 unspecified atom stereocenters. The van der Waals surface area contributed by atoms with Crippen molar-refractivity contribution in [2.24, 2.45) is 5.92 Å². The summed E-state index contributed by atoms with van der Waals surface area (Å²) in [6, 6.07) is 0. The van der Waals surface area contributed by atoms with Crippen LogP contribution in [0.15, 0.2) is 0 Å². The Bertz CT molecular complexity index is 328. The Labute approximate surface area is 128 Å². The highest BCUT2D eigenvalue weighted by Crippen LogP contribution is 2.26. The molecule has 0 spiro atoms. The maximum Gasteiger partial charge on any atom is 0.223 e. The number of ether oxygens (including phenoxy) is 1. The summed E-state index contributed by atoms with van der Waals surface area (Å²) < 4.78 is 5.73. The van der Waals surface area contributed by atoms with Crippen LogP contribution < -0.4 is 4.90 Å². The first-order valence-electron chi connectivity index (χ1n) is 9.04. The van der Waals surface area contributed by atoms with E-state index in [-0.39, 0.29) is 0 Å². The molecule has 1 atom stereocenters. The number of hydrogen-bond donors (Lipinski definition) is 1. The molecular formula is C17H31N2O2+. The Morgan fingerprint density at radius 2 is 1.81 bits per heavy atom. The number of nitrogens with one attached hydrogen (secondary N) is 1. The predicted octanol–water partition coefficient (Wildman–Crippen LogP) is 0.863. The predicted molar refractivity (Wildman–Crippen MR) is 82.3 cm³/mol. The number of piperazine rings is 1. The fourth-order valence-corrected chi connectivity index (χ4v) is 4.17. The molecule has 21 heavy (non-hydrogen) atoms. The van der Waals surface area contributed by atoms with E-state index in [1.807, 2.05) is 0 Å². The molecule has 4 heteroatoms. The molecular weight excluding hydrogens is 264 g/mol. The van der Waals surface area contributed by atoms with Crippen LogP contribution in [0.2, 0.25) is 0 Å². The van der Waals surface area contributed by atoms with E-state index in [0.29, 0.717) is 17.9 Å². The van der Waals surface area contributed by atoms with Gasteiger partial charge >= 0.3 is 0 Å². The normalized spacial score (nSPS) is 29.0. The Balaban J connectivity index is 1.37. The first-order valence-corrected chi connectivity index (χ1v) is 9.04. The first kappa shape index (κ1) is 15.3. The zero-order valence-corrected chi connectivity index (χ0v) is 13.3. The molecule has 0 aromatic heterocycles. The molecule has 3 aliphatic rings. The fraction of sp³-hybridized carbons (Fsp3) is 0.941. The van der Waals surface area contributed by atoms with Crippen LogP contribution in [0.5, 0.6) is 0 Å². The van der Waals surface area contributed by atoms with Crippen LogP contribution in [0.3, 0.4) is 0 Å². The lowest BCUT2D eigenvalue weighted by molar-refractivity contribution is -0.906. The highest BCUT2D eigenvalue weighted by atomic mass is 16.5. The second-order valence-corrected chi connectivity index (χ2v) is 7.18. The van der Waals surface area contributed by atoms with Crippen molar-refractivity contribution in [3.05, 3.63) is 0 Å². The van der Waals surface area contributed by atoms with Crippen LogP contribution in [0.1, 0.15) is 51.4 Å². The van der Waals surface area contributed by atoms with E-state index in [9.17, 15) is 4.79 Å². The topological polar surface area (TPSA) is 34.0 Å². The van der Waals surface area contributed by atoms with Crippen molar-refractivity contribution >= 4 is 5.91 Å². The SMILES string of the molecule is O=C(CC1CCCCC1)N1CC[NH+](C[C@@H]2CCCO2)CC1. The van der Waals surface area contributed by atoms with Crippen LogP contribution >= 0.6 is 0 Å². The molecule has 2 saturated heterocycles. The summed E-state index contributed by atoms with van der Waals surface area (Å²) in [5.74, 6) is 1.08. The number of hydrogen-bond acceptors (Lipinski definition) is 2. The van der Waals surface area contributed by atoms with E-state index in [2.05, 4.69) is 4.90 Å². The molecule has 0 aromatic rings. The van der Waals surface area contributed by atoms with Crippen molar-refractivity contribution < 1.29 is 14.4 Å². The van der Waals surface area contributed by atoms with Gasteiger partial charge in [0.15, 0.2) is 0 Å². The Morgan fingerprint density at radius 1 is 1.05 bits per heavy atom. The zero-order valence-electron chi connectivity index (χ0n) is 13.3. The Hall–Kier alpha value is -0.610. The molecule has 0 aromatic carbocycles. The van der Waals surface area contributed by atoms with Crippen molar-refractivity contribution in [2.45, 2.75) is 57.5 Å². The van der Waals surface area contributed by atoms with Crippen molar-refractivity contribution in [1.82, 2.24) is 4.90 Å². The Kier molecular flexibility index (Phi) is 5.53. The molecule has 1 amide bonds. The smallest absolute Gasteiger partial charge is 0.223 e. The minimum absolute atomic E-state index is 0.415. The van der Waals surface area contributed by atoms with Crippen molar-refractivity contribution in [1.29, 1.82) is 0 Å². The monoisotopic (exact) mass is 295 g/mol. The molecule has 1 saturated carbocycles. The van der Waals surface area contributed by atoms with Crippen LogP contribution in [0, 0.1) is 5.92 Å². The average Bonchev–Trinajstić information content (AvgIpc) is 3.02. The number of quaternary nitrogens is 1. The number of nitrogens with zero attached hydrogens (tertiary/aromatic N) is 1. The van der Waals surface area contributed by atoms with Gasteiger partial charge in [0.2, 0.25) is 5.91 Å². The van der Waals surface area contributed by atoms with E-state index >= 15 is 0 Å². The molecule has 2 aliphatic heterocycles. The summed E-state index contributed by atoms with van der Waals surface area (Å²) in [6.45, 7) is 6.21. The van der Waals surface area contributed by atoms with E-state index in [4.69, 9.17) is 4.74 Å². The lowest BCUT2D eigenvalue weighted by Gasteiger charge is -2.34. The lowest BCUT2D eigenvalue weighted by Crippen LogP contribution is -3.15. The largest absolute Gasteiger partial charge is 0.372 e. The molecule has 2 heterocycles. The summed E-state index contributed by atoms with van der Waals surface area (Å²) in [4.78, 5) is 16.2.